The van der Waals surface area contributed by atoms with Crippen LogP contribution in [0.15, 0.2) is 4.40 Å². The van der Waals surface area contributed by atoms with Gasteiger partial charge in [0.25, 0.3) is 0 Å². The summed E-state index contributed by atoms with van der Waals surface area (Å²) in [7, 11) is -4.14. The minimum atomic E-state index is -4.14. The molecular formula is C11H15N5O4S. The molecule has 114 valence electrons. The number of aromatic nitrogens is 2. The largest absolute Gasteiger partial charge is 0.465 e. The number of esters is 1. The van der Waals surface area contributed by atoms with E-state index in [-0.39, 0.29) is 24.0 Å². The van der Waals surface area contributed by atoms with E-state index in [1.54, 1.807) is 20.8 Å². The highest BCUT2D eigenvalue weighted by molar-refractivity contribution is 7.91. The molecule has 0 bridgehead atoms. The van der Waals surface area contributed by atoms with E-state index in [4.69, 9.17) is 10.5 Å². The first-order valence-corrected chi connectivity index (χ1v) is 7.55. The lowest BCUT2D eigenvalue weighted by Gasteiger charge is -2.25. The number of hydrogen-bond acceptors (Lipinski definition) is 7. The predicted octanol–water partition coefficient (Wildman–Crippen LogP) is -0.573. The van der Waals surface area contributed by atoms with Gasteiger partial charge in [-0.05, 0) is 20.8 Å². The van der Waals surface area contributed by atoms with Gasteiger partial charge in [0, 0.05) is 0 Å². The van der Waals surface area contributed by atoms with Crippen LogP contribution in [0.1, 0.15) is 24.0 Å². The summed E-state index contributed by atoms with van der Waals surface area (Å²) in [4.78, 5) is 19.9. The van der Waals surface area contributed by atoms with Crippen molar-refractivity contribution >= 4 is 27.8 Å². The fourth-order valence-corrected chi connectivity index (χ4v) is 2.79. The number of rotatable bonds is 3. The Hall–Kier alpha value is -2.23. The lowest BCUT2D eigenvalue weighted by Crippen LogP contribution is -2.42. The van der Waals surface area contributed by atoms with Crippen molar-refractivity contribution < 1.29 is 17.9 Å². The fraction of sp³-hybridized carbons (Fsp3) is 0.455. The van der Waals surface area contributed by atoms with Crippen LogP contribution in [0.2, 0.25) is 0 Å². The van der Waals surface area contributed by atoms with Gasteiger partial charge in [-0.3, -0.25) is 4.79 Å². The van der Waals surface area contributed by atoms with E-state index in [1.165, 1.54) is 0 Å². The van der Waals surface area contributed by atoms with Gasteiger partial charge in [-0.2, -0.15) is 8.42 Å². The van der Waals surface area contributed by atoms with Crippen LogP contribution in [0, 0.1) is 13.8 Å². The average molecular weight is 313 g/mol. The Morgan fingerprint density at radius 2 is 1.90 bits per heavy atom. The maximum absolute atomic E-state index is 12.1. The Bertz CT molecular complexity index is 728. The molecule has 9 nitrogen and oxygen atoms in total. The Kier molecular flexibility index (Phi) is 3.81. The first kappa shape index (κ1) is 15.2. The van der Waals surface area contributed by atoms with Gasteiger partial charge in [-0.25, -0.2) is 14.3 Å². The smallest absolute Gasteiger partial charge is 0.348 e. The van der Waals surface area contributed by atoms with Crippen molar-refractivity contribution in [3.8, 4) is 0 Å². The molecule has 10 heteroatoms. The topological polar surface area (TPSA) is 128 Å². The Labute approximate surface area is 122 Å². The number of aryl methyl sites for hydroxylation is 2. The zero-order valence-corrected chi connectivity index (χ0v) is 12.6. The molecule has 0 aromatic carbocycles. The number of hydrogen-bond donors (Lipinski definition) is 1. The highest BCUT2D eigenvalue weighted by Gasteiger charge is 2.35. The van der Waals surface area contributed by atoms with Gasteiger partial charge in [-0.15, -0.1) is 4.40 Å². The minimum Gasteiger partial charge on any atom is -0.465 e. The molecule has 0 radical (unpaired) electrons. The van der Waals surface area contributed by atoms with Crippen LogP contribution < -0.4 is 10.0 Å². The van der Waals surface area contributed by atoms with Gasteiger partial charge < -0.3 is 10.5 Å². The first-order chi connectivity index (χ1) is 9.76. The molecule has 2 heterocycles. The minimum absolute atomic E-state index is 0.0151. The molecule has 0 spiro atoms. The second kappa shape index (κ2) is 5.28. The summed E-state index contributed by atoms with van der Waals surface area (Å²) in [5.74, 6) is -0.970. The second-order valence-corrected chi connectivity index (χ2v) is 5.85. The van der Waals surface area contributed by atoms with Crippen molar-refractivity contribution in [1.82, 2.24) is 9.97 Å². The number of ether oxygens (including phenoxy) is 1. The van der Waals surface area contributed by atoms with Crippen LogP contribution in [0.3, 0.4) is 0 Å². The van der Waals surface area contributed by atoms with Crippen molar-refractivity contribution in [3.05, 3.63) is 17.1 Å². The monoisotopic (exact) mass is 313 g/mol. The number of amidine groups is 1. The van der Waals surface area contributed by atoms with Crippen molar-refractivity contribution in [2.24, 2.45) is 10.1 Å². The van der Waals surface area contributed by atoms with Crippen LogP contribution >= 0.6 is 0 Å². The van der Waals surface area contributed by atoms with Crippen LogP contribution in [-0.4, -0.2) is 43.3 Å². The van der Waals surface area contributed by atoms with E-state index in [0.717, 1.165) is 4.31 Å². The van der Waals surface area contributed by atoms with E-state index >= 15 is 0 Å². The first-order valence-electron chi connectivity index (χ1n) is 6.15. The molecule has 2 rings (SSSR count). The molecule has 2 N–H and O–H groups in total. The summed E-state index contributed by atoms with van der Waals surface area (Å²) in [6.07, 6.45) is 0. The SMILES string of the molecule is CCOC(=O)CN1c2nc(C)c(C)nc2C(N)=NS1(=O)=O. The van der Waals surface area contributed by atoms with E-state index in [9.17, 15) is 13.2 Å². The number of fused-ring (bicyclic) bond motifs is 1. The summed E-state index contributed by atoms with van der Waals surface area (Å²) >= 11 is 0. The number of anilines is 1. The van der Waals surface area contributed by atoms with Gasteiger partial charge in [-0.1, -0.05) is 0 Å². The lowest BCUT2D eigenvalue weighted by atomic mass is 10.3. The lowest BCUT2D eigenvalue weighted by molar-refractivity contribution is -0.141. The van der Waals surface area contributed by atoms with E-state index in [2.05, 4.69) is 14.4 Å². The highest BCUT2D eigenvalue weighted by atomic mass is 32.2. The van der Waals surface area contributed by atoms with Crippen molar-refractivity contribution in [3.63, 3.8) is 0 Å². The van der Waals surface area contributed by atoms with Gasteiger partial charge in [0.2, 0.25) is 0 Å². The Morgan fingerprint density at radius 3 is 2.52 bits per heavy atom. The third-order valence-electron chi connectivity index (χ3n) is 2.84. The third kappa shape index (κ3) is 2.79. The van der Waals surface area contributed by atoms with Gasteiger partial charge >= 0.3 is 16.2 Å². The van der Waals surface area contributed by atoms with Crippen molar-refractivity contribution in [2.75, 3.05) is 17.5 Å². The van der Waals surface area contributed by atoms with E-state index in [0.29, 0.717) is 11.4 Å². The standard InChI is InChI=1S/C11H15N5O4S/c1-4-20-8(17)5-16-11-9(10(12)15-21(16,18)19)13-6(2)7(3)14-11/h4-5H2,1-3H3,(H2,12,15). The summed E-state index contributed by atoms with van der Waals surface area (Å²) in [6, 6.07) is 0. The second-order valence-electron chi connectivity index (χ2n) is 4.33. The average Bonchev–Trinajstić information content (AvgIpc) is 2.37. The quantitative estimate of drug-likeness (QED) is 0.740. The molecule has 1 aromatic heterocycles. The van der Waals surface area contributed by atoms with Crippen LogP contribution in [0.5, 0.6) is 0 Å². The molecule has 1 aliphatic rings. The van der Waals surface area contributed by atoms with Gasteiger partial charge in [0.15, 0.2) is 11.7 Å². The summed E-state index contributed by atoms with van der Waals surface area (Å²) in [5, 5.41) is 0. The molecule has 0 aliphatic carbocycles. The molecule has 0 amide bonds. The summed E-state index contributed by atoms with van der Waals surface area (Å²) in [5.41, 5.74) is 6.89. The molecule has 21 heavy (non-hydrogen) atoms. The molecular weight excluding hydrogens is 298 g/mol. The number of nitrogens with two attached hydrogens (primary N) is 1. The molecule has 0 atom stereocenters. The maximum atomic E-state index is 12.1. The zero-order chi connectivity index (χ0) is 15.8. The summed E-state index contributed by atoms with van der Waals surface area (Å²) in [6.45, 7) is 4.63. The number of carbonyl (C=O) groups is 1. The Balaban J connectivity index is 2.55. The molecule has 0 saturated carbocycles. The van der Waals surface area contributed by atoms with Crippen LogP contribution in [0.4, 0.5) is 5.82 Å². The summed E-state index contributed by atoms with van der Waals surface area (Å²) < 4.78 is 33.1. The van der Waals surface area contributed by atoms with Gasteiger partial charge in [0.05, 0.1) is 18.0 Å². The zero-order valence-electron chi connectivity index (χ0n) is 11.8. The third-order valence-corrected chi connectivity index (χ3v) is 4.12. The van der Waals surface area contributed by atoms with Crippen LogP contribution in [0.25, 0.3) is 0 Å². The van der Waals surface area contributed by atoms with E-state index < -0.39 is 22.7 Å². The predicted molar refractivity (Wildman–Crippen MR) is 75.1 cm³/mol. The van der Waals surface area contributed by atoms with Crippen LogP contribution in [-0.2, 0) is 19.7 Å². The highest BCUT2D eigenvalue weighted by Crippen LogP contribution is 2.26. The van der Waals surface area contributed by atoms with Gasteiger partial charge in [0.1, 0.15) is 12.2 Å². The molecule has 1 aliphatic heterocycles. The number of carbonyl (C=O) groups excluding carboxylic acids is 1. The normalized spacial score (nSPS) is 16.1. The van der Waals surface area contributed by atoms with Crippen molar-refractivity contribution in [1.29, 1.82) is 0 Å². The number of nitrogens with zero attached hydrogens (tertiary/aromatic N) is 4. The molecule has 1 aromatic rings. The van der Waals surface area contributed by atoms with Crippen molar-refractivity contribution in [2.45, 2.75) is 20.8 Å². The molecule has 0 saturated heterocycles. The van der Waals surface area contributed by atoms with E-state index in [1.807, 2.05) is 0 Å². The Morgan fingerprint density at radius 1 is 1.29 bits per heavy atom. The maximum Gasteiger partial charge on any atom is 0.348 e. The fourth-order valence-electron chi connectivity index (χ4n) is 1.74. The molecule has 0 unspecified atom stereocenters. The molecule has 0 fully saturated rings.